The van der Waals surface area contributed by atoms with Crippen molar-refractivity contribution in [2.75, 3.05) is 18.1 Å². The molecular weight excluding hydrogens is 1080 g/mol. The van der Waals surface area contributed by atoms with E-state index in [1.807, 2.05) is 66.7 Å². The number of unbranched alkanes of at least 4 members (excludes halogenated alkanes) is 1. The first kappa shape index (κ1) is 60.8. The van der Waals surface area contributed by atoms with Crippen LogP contribution in [0.4, 0.5) is 4.39 Å². The minimum atomic E-state index is -1.41. The quantitative estimate of drug-likeness (QED) is 0.0436. The first-order valence-electron chi connectivity index (χ1n) is 26.7. The van der Waals surface area contributed by atoms with Crippen LogP contribution in [0.2, 0.25) is 0 Å². The van der Waals surface area contributed by atoms with Crippen LogP contribution in [-0.2, 0) is 64.0 Å². The second-order valence-corrected chi connectivity index (χ2v) is 22.9. The monoisotopic (exact) mass is 1140 g/mol. The Morgan fingerprint density at radius 2 is 1.37 bits per heavy atom. The first-order chi connectivity index (χ1) is 39.0. The number of primary amides is 1. The zero-order valence-electron chi connectivity index (χ0n) is 45.0. The minimum absolute atomic E-state index is 0.0745. The smallest absolute Gasteiger partial charge is 0.244 e. The molecule has 1 saturated heterocycles. The lowest BCUT2D eigenvalue weighted by Gasteiger charge is -2.29. The maximum atomic E-state index is 14.9. The number of nitrogens with zero attached hydrogens (tertiary/aromatic N) is 1. The van der Waals surface area contributed by atoms with Gasteiger partial charge >= 0.3 is 0 Å². The summed E-state index contributed by atoms with van der Waals surface area (Å²) in [6, 6.07) is 18.9. The van der Waals surface area contributed by atoms with Crippen LogP contribution in [0.1, 0.15) is 55.4 Å². The lowest BCUT2D eigenvalue weighted by molar-refractivity contribution is -0.136. The van der Waals surface area contributed by atoms with Crippen molar-refractivity contribution in [2.24, 2.45) is 23.1 Å². The van der Waals surface area contributed by atoms with E-state index < -0.39 is 107 Å². The Hall–Kier alpha value is -7.86. The third-order valence-corrected chi connectivity index (χ3v) is 16.2. The van der Waals surface area contributed by atoms with Crippen LogP contribution < -0.4 is 54.4 Å². The summed E-state index contributed by atoms with van der Waals surface area (Å²) in [5, 5.41) is 22.2. The third-order valence-electron chi connectivity index (χ3n) is 13.8. The van der Waals surface area contributed by atoms with Crippen molar-refractivity contribution in [1.82, 2.24) is 47.2 Å². The number of carbonyl (C=O) groups is 8. The number of amides is 8. The van der Waals surface area contributed by atoms with E-state index in [-0.39, 0.29) is 50.2 Å². The number of H-pyrrole nitrogens is 1. The molecule has 428 valence electrons. The highest BCUT2D eigenvalue weighted by molar-refractivity contribution is 8.76. The van der Waals surface area contributed by atoms with Crippen LogP contribution >= 0.6 is 21.6 Å². The number of fused-ring (bicyclic) bond motifs is 2. The van der Waals surface area contributed by atoms with Crippen LogP contribution in [-0.4, -0.2) is 124 Å². The van der Waals surface area contributed by atoms with Crippen molar-refractivity contribution in [2.45, 2.75) is 107 Å². The normalized spacial score (nSPS) is 20.7. The molecule has 23 heteroatoms. The molecule has 1 fully saturated rings. The number of aromatic nitrogens is 2. The van der Waals surface area contributed by atoms with E-state index >= 15 is 0 Å². The van der Waals surface area contributed by atoms with E-state index in [1.165, 1.54) is 30.5 Å². The van der Waals surface area contributed by atoms with E-state index in [9.17, 15) is 42.7 Å². The molecule has 0 radical (unpaired) electrons. The van der Waals surface area contributed by atoms with Gasteiger partial charge in [-0.3, -0.25) is 43.3 Å². The molecule has 8 atom stereocenters. The van der Waals surface area contributed by atoms with E-state index in [2.05, 4.69) is 47.2 Å². The fourth-order valence-electron chi connectivity index (χ4n) is 9.26. The molecule has 3 heterocycles. The lowest BCUT2D eigenvalue weighted by Crippen LogP contribution is -2.61. The van der Waals surface area contributed by atoms with Gasteiger partial charge < -0.3 is 59.4 Å². The molecule has 6 aromatic rings. The highest BCUT2D eigenvalue weighted by atomic mass is 33.1. The molecule has 20 nitrogen and oxygen atoms in total. The number of carbonyl (C=O) groups excluding carboxylic acids is 8. The van der Waals surface area contributed by atoms with Crippen LogP contribution in [0.3, 0.4) is 0 Å². The average Bonchev–Trinajstić information content (AvgIpc) is 4.01. The third kappa shape index (κ3) is 17.6. The van der Waals surface area contributed by atoms with Crippen LogP contribution in [0.5, 0.6) is 0 Å². The molecule has 4 aromatic carbocycles. The largest absolute Gasteiger partial charge is 0.368 e. The van der Waals surface area contributed by atoms with Crippen LogP contribution in [0.15, 0.2) is 122 Å². The maximum absolute atomic E-state index is 14.9. The SMILES string of the molecule is CC(C)[C@H]1NC(=O)[C@H](CCCCN)NC(=O)[C@@H](Cc2c[nH]c3ccccc23)NC(=O)[C@H](Cc2cccnc2)NC(=O)[C@@H](NC(=O)[C@@H](N)Cc2ccc3ccccc3c2)CSSC[C@H](C(=O)N[C@@H](Cc2ccc(F)cc2)C(N)=O)NC1=O. The van der Waals surface area contributed by atoms with Crippen molar-refractivity contribution >= 4 is 90.5 Å². The number of pyridine rings is 1. The Balaban J connectivity index is 1.25. The van der Waals surface area contributed by atoms with Gasteiger partial charge in [0.2, 0.25) is 47.3 Å². The summed E-state index contributed by atoms with van der Waals surface area (Å²) >= 11 is 0. The summed E-state index contributed by atoms with van der Waals surface area (Å²) in [5.74, 6) is -7.75. The van der Waals surface area contributed by atoms with Gasteiger partial charge in [0.25, 0.3) is 0 Å². The number of halogens is 1. The van der Waals surface area contributed by atoms with E-state index in [0.717, 1.165) is 48.8 Å². The van der Waals surface area contributed by atoms with Gasteiger partial charge in [-0.25, -0.2) is 4.39 Å². The lowest BCUT2D eigenvalue weighted by atomic mass is 10.00. The summed E-state index contributed by atoms with van der Waals surface area (Å²) in [4.78, 5) is 122. The average molecular weight is 1150 g/mol. The predicted molar refractivity (Wildman–Crippen MR) is 311 cm³/mol. The molecule has 7 rings (SSSR count). The molecule has 0 bridgehead atoms. The van der Waals surface area contributed by atoms with Crippen molar-refractivity contribution < 1.29 is 42.7 Å². The van der Waals surface area contributed by atoms with E-state index in [1.54, 1.807) is 38.4 Å². The zero-order chi connectivity index (χ0) is 58.0. The molecule has 2 aromatic heterocycles. The van der Waals surface area contributed by atoms with Crippen LogP contribution in [0.25, 0.3) is 21.7 Å². The highest BCUT2D eigenvalue weighted by Crippen LogP contribution is 2.25. The number of hydrogen-bond donors (Lipinski definition) is 11. The molecule has 0 unspecified atom stereocenters. The molecule has 0 spiro atoms. The minimum Gasteiger partial charge on any atom is -0.368 e. The van der Waals surface area contributed by atoms with Gasteiger partial charge in [-0.05, 0) is 95.4 Å². The molecule has 8 amide bonds. The predicted octanol–water partition coefficient (Wildman–Crippen LogP) is 2.51. The fourth-order valence-corrected chi connectivity index (χ4v) is 11.6. The van der Waals surface area contributed by atoms with Gasteiger partial charge in [-0.15, -0.1) is 0 Å². The Kier molecular flexibility index (Phi) is 22.2. The van der Waals surface area contributed by atoms with Gasteiger partial charge in [-0.1, -0.05) is 114 Å². The Morgan fingerprint density at radius 1 is 0.704 bits per heavy atom. The second kappa shape index (κ2) is 29.6. The number of hydrogen-bond acceptors (Lipinski definition) is 13. The van der Waals surface area contributed by atoms with Crippen molar-refractivity contribution in [3.63, 3.8) is 0 Å². The summed E-state index contributed by atoms with van der Waals surface area (Å²) in [7, 11) is 2.09. The van der Waals surface area contributed by atoms with Crippen molar-refractivity contribution in [3.8, 4) is 0 Å². The molecule has 81 heavy (non-hydrogen) atoms. The zero-order valence-corrected chi connectivity index (χ0v) is 46.6. The number of nitrogens with two attached hydrogens (primary N) is 3. The van der Waals surface area contributed by atoms with E-state index in [4.69, 9.17) is 17.2 Å². The molecule has 0 saturated carbocycles. The molecule has 1 aliphatic heterocycles. The molecule has 14 N–H and O–H groups in total. The maximum Gasteiger partial charge on any atom is 0.244 e. The number of para-hydroxylation sites is 1. The summed E-state index contributed by atoms with van der Waals surface area (Å²) in [6.45, 7) is 3.64. The number of aromatic amines is 1. The van der Waals surface area contributed by atoms with Crippen molar-refractivity contribution in [3.05, 3.63) is 150 Å². The highest BCUT2D eigenvalue weighted by Gasteiger charge is 2.36. The number of nitrogens with one attached hydrogen (secondary N) is 8. The first-order valence-corrected chi connectivity index (χ1v) is 29.2. The second-order valence-electron chi connectivity index (χ2n) is 20.3. The van der Waals surface area contributed by atoms with Gasteiger partial charge in [0.1, 0.15) is 48.1 Å². The molecular formula is C58H69FN12O8S2. The fraction of sp³-hybridized carbons (Fsp3) is 0.362. The van der Waals surface area contributed by atoms with Gasteiger partial charge in [0.05, 0.1) is 6.04 Å². The Labute approximate surface area is 476 Å². The summed E-state index contributed by atoms with van der Waals surface area (Å²) in [5.41, 5.74) is 21.4. The van der Waals surface area contributed by atoms with Gasteiger partial charge in [0.15, 0.2) is 0 Å². The Morgan fingerprint density at radius 3 is 2.09 bits per heavy atom. The standard InChI is InChI=1S/C58H69FN12O8S2/c1-33(2)50-58(79)70-49(56(77)66-45(51(62)72)26-34-17-20-40(59)21-18-34)32-81-80-31-48(69-52(73)42(61)25-35-16-19-37-11-3-4-12-38(37)24-35)57(78)67-46(27-36-10-9-23-63-29-36)54(75)68-47(28-39-30-64-43-14-6-5-13-41(39)43)55(76)65-44(53(74)71-50)15-7-8-22-60/h3-6,9-14,16-21,23-24,29-30,33,42,44-50,64H,7-8,15,22,25-28,31-32,60-61H2,1-2H3,(H2,62,72)(H,65,76)(H,66,77)(H,67,78)(H,68,75)(H,69,73)(H,70,79)(H,71,74)/t42-,44-,45-,46-,47+,48-,49+,50+/m0/s1. The number of benzene rings is 4. The van der Waals surface area contributed by atoms with Crippen molar-refractivity contribution in [1.29, 1.82) is 0 Å². The van der Waals surface area contributed by atoms with Gasteiger partial charge in [0, 0.05) is 60.3 Å². The summed E-state index contributed by atoms with van der Waals surface area (Å²) < 4.78 is 13.8. The van der Waals surface area contributed by atoms with Crippen LogP contribution in [0, 0.1) is 11.7 Å². The number of rotatable bonds is 18. The topological polar surface area (TPSA) is 328 Å². The molecule has 1 aliphatic rings. The molecule has 0 aliphatic carbocycles. The van der Waals surface area contributed by atoms with E-state index in [0.29, 0.717) is 29.5 Å². The summed E-state index contributed by atoms with van der Waals surface area (Å²) in [6.07, 6.45) is 5.54. The Bertz CT molecular complexity index is 3170. The van der Waals surface area contributed by atoms with Gasteiger partial charge in [-0.2, -0.15) is 0 Å².